The van der Waals surface area contributed by atoms with Gasteiger partial charge in [0.1, 0.15) is 6.61 Å². The Morgan fingerprint density at radius 2 is 1.28 bits per heavy atom. The van der Waals surface area contributed by atoms with E-state index in [-0.39, 0.29) is 32.3 Å². The van der Waals surface area contributed by atoms with Gasteiger partial charge in [0.15, 0.2) is 18.5 Å². The first-order valence-electron chi connectivity index (χ1n) is 12.7. The molecule has 0 rings (SSSR count). The van der Waals surface area contributed by atoms with Crippen molar-refractivity contribution in [3.05, 3.63) is 11.6 Å². The van der Waals surface area contributed by atoms with Crippen molar-refractivity contribution in [2.75, 3.05) is 13.7 Å². The zero-order chi connectivity index (χ0) is 27.7. The van der Waals surface area contributed by atoms with Crippen LogP contribution in [0.15, 0.2) is 11.6 Å². The summed E-state index contributed by atoms with van der Waals surface area (Å²) in [6, 6.07) is 0. The SMILES string of the molecule is C/C=C(/COC(=O)CCC)[C@H](OC(=O)CCC)[C@H](OC(=O)CCC)C(C)(OC(=O)CCC)[C@H](O)OC. The van der Waals surface area contributed by atoms with Crippen molar-refractivity contribution in [1.29, 1.82) is 0 Å². The number of allylic oxidation sites excluding steroid dienone is 1. The number of aliphatic hydroxyl groups is 1. The van der Waals surface area contributed by atoms with Gasteiger partial charge < -0.3 is 28.8 Å². The summed E-state index contributed by atoms with van der Waals surface area (Å²) >= 11 is 0. The topological polar surface area (TPSA) is 135 Å². The summed E-state index contributed by atoms with van der Waals surface area (Å²) in [4.78, 5) is 49.9. The van der Waals surface area contributed by atoms with Crippen molar-refractivity contribution in [2.24, 2.45) is 0 Å². The average molecular weight is 517 g/mol. The van der Waals surface area contributed by atoms with Crippen molar-refractivity contribution in [3.8, 4) is 0 Å². The van der Waals surface area contributed by atoms with E-state index < -0.39 is 48.0 Å². The fourth-order valence-corrected chi connectivity index (χ4v) is 3.37. The van der Waals surface area contributed by atoms with Gasteiger partial charge in [-0.05, 0) is 39.5 Å². The Morgan fingerprint density at radius 3 is 1.75 bits per heavy atom. The first kappa shape index (κ1) is 33.5. The molecule has 0 amide bonds. The molecule has 0 aromatic heterocycles. The first-order chi connectivity index (χ1) is 17.0. The largest absolute Gasteiger partial charge is 0.461 e. The molecule has 10 heteroatoms. The number of ether oxygens (including phenoxy) is 5. The summed E-state index contributed by atoms with van der Waals surface area (Å²) < 4.78 is 27.5. The maximum Gasteiger partial charge on any atom is 0.306 e. The summed E-state index contributed by atoms with van der Waals surface area (Å²) in [6.07, 6.45) is -0.679. The Labute approximate surface area is 214 Å². The van der Waals surface area contributed by atoms with Gasteiger partial charge in [-0.15, -0.1) is 0 Å². The van der Waals surface area contributed by atoms with Gasteiger partial charge in [0, 0.05) is 38.4 Å². The highest BCUT2D eigenvalue weighted by atomic mass is 16.7. The first-order valence-corrected chi connectivity index (χ1v) is 12.7. The summed E-state index contributed by atoms with van der Waals surface area (Å²) in [6.45, 7) is 9.91. The lowest BCUT2D eigenvalue weighted by atomic mass is 9.88. The van der Waals surface area contributed by atoms with Crippen LogP contribution in [0, 0.1) is 0 Å². The zero-order valence-corrected chi connectivity index (χ0v) is 22.8. The van der Waals surface area contributed by atoms with Crippen molar-refractivity contribution >= 4 is 23.9 Å². The molecule has 36 heavy (non-hydrogen) atoms. The zero-order valence-electron chi connectivity index (χ0n) is 22.8. The second-order valence-electron chi connectivity index (χ2n) is 8.59. The minimum atomic E-state index is -1.97. The van der Waals surface area contributed by atoms with Gasteiger partial charge >= 0.3 is 23.9 Å². The minimum Gasteiger partial charge on any atom is -0.461 e. The molecule has 0 spiro atoms. The lowest BCUT2D eigenvalue weighted by molar-refractivity contribution is -0.260. The standard InChI is InChI=1S/C26H44O10/c1-8-13-19(27)33-17-18(12-5)23(34-20(28)14-9-2)24(35-21(29)15-10-3)26(6,25(31)32-7)36-22(30)16-11-4/h12,23-25,31H,8-11,13-17H2,1-7H3/b18-12-/t23-,24-,25+,26?/m0/s1. The van der Waals surface area contributed by atoms with Crippen LogP contribution in [-0.4, -0.2) is 66.8 Å². The molecule has 4 atom stereocenters. The monoisotopic (exact) mass is 516 g/mol. The fraction of sp³-hybridized carbons (Fsp3) is 0.769. The summed E-state index contributed by atoms with van der Waals surface area (Å²) in [5, 5.41) is 10.8. The van der Waals surface area contributed by atoms with Crippen LogP contribution in [-0.2, 0) is 42.9 Å². The Kier molecular flexibility index (Phi) is 16.7. The Bertz CT molecular complexity index is 732. The fourth-order valence-electron chi connectivity index (χ4n) is 3.37. The number of rotatable bonds is 18. The van der Waals surface area contributed by atoms with Crippen molar-refractivity contribution in [3.63, 3.8) is 0 Å². The molecule has 0 heterocycles. The van der Waals surface area contributed by atoms with E-state index in [4.69, 9.17) is 23.7 Å². The van der Waals surface area contributed by atoms with Crippen LogP contribution >= 0.6 is 0 Å². The maximum absolute atomic E-state index is 12.7. The quantitative estimate of drug-likeness (QED) is 0.124. The molecule has 0 saturated carbocycles. The van der Waals surface area contributed by atoms with E-state index in [1.54, 1.807) is 33.8 Å². The Hall–Kier alpha value is -2.46. The molecule has 0 fully saturated rings. The molecule has 0 saturated heterocycles. The van der Waals surface area contributed by atoms with Gasteiger partial charge in [0.25, 0.3) is 0 Å². The molecular weight excluding hydrogens is 472 g/mol. The minimum absolute atomic E-state index is 0.0326. The van der Waals surface area contributed by atoms with Crippen LogP contribution in [0.5, 0.6) is 0 Å². The summed E-state index contributed by atoms with van der Waals surface area (Å²) in [5.41, 5.74) is -1.68. The molecule has 1 N–H and O–H groups in total. The van der Waals surface area contributed by atoms with E-state index in [1.807, 2.05) is 6.92 Å². The highest BCUT2D eigenvalue weighted by Gasteiger charge is 2.53. The molecule has 208 valence electrons. The van der Waals surface area contributed by atoms with E-state index in [0.717, 1.165) is 0 Å². The van der Waals surface area contributed by atoms with Gasteiger partial charge in [-0.3, -0.25) is 19.2 Å². The molecule has 0 aliphatic heterocycles. The molecule has 0 aliphatic rings. The summed E-state index contributed by atoms with van der Waals surface area (Å²) in [7, 11) is 1.20. The van der Waals surface area contributed by atoms with Crippen molar-refractivity contribution in [2.45, 2.75) is 117 Å². The molecule has 0 aromatic carbocycles. The van der Waals surface area contributed by atoms with Crippen LogP contribution in [0.25, 0.3) is 0 Å². The van der Waals surface area contributed by atoms with Gasteiger partial charge in [-0.1, -0.05) is 33.8 Å². The maximum atomic E-state index is 12.7. The smallest absolute Gasteiger partial charge is 0.306 e. The van der Waals surface area contributed by atoms with Crippen LogP contribution < -0.4 is 0 Å². The summed E-state index contributed by atoms with van der Waals surface area (Å²) in [5.74, 6) is -2.38. The lowest BCUT2D eigenvalue weighted by Crippen LogP contribution is -2.60. The third-order valence-corrected chi connectivity index (χ3v) is 5.36. The van der Waals surface area contributed by atoms with Crippen LogP contribution in [0.3, 0.4) is 0 Å². The molecule has 0 radical (unpaired) electrons. The highest BCUT2D eigenvalue weighted by molar-refractivity contribution is 5.72. The Morgan fingerprint density at radius 1 is 0.806 bits per heavy atom. The number of methoxy groups -OCH3 is 1. The lowest BCUT2D eigenvalue weighted by Gasteiger charge is -2.42. The number of esters is 4. The number of hydrogen-bond acceptors (Lipinski definition) is 10. The van der Waals surface area contributed by atoms with E-state index in [2.05, 4.69) is 0 Å². The molecule has 1 unspecified atom stereocenters. The van der Waals surface area contributed by atoms with E-state index in [1.165, 1.54) is 14.0 Å². The second kappa shape index (κ2) is 17.9. The predicted octanol–water partition coefficient (Wildman–Crippen LogP) is 3.77. The molecular formula is C26H44O10. The Balaban J connectivity index is 6.69. The van der Waals surface area contributed by atoms with Gasteiger partial charge in [0.05, 0.1) is 0 Å². The van der Waals surface area contributed by atoms with Gasteiger partial charge in [-0.25, -0.2) is 0 Å². The van der Waals surface area contributed by atoms with Crippen molar-refractivity contribution < 1.29 is 48.0 Å². The van der Waals surface area contributed by atoms with Crippen molar-refractivity contribution in [1.82, 2.24) is 0 Å². The predicted molar refractivity (Wildman–Crippen MR) is 132 cm³/mol. The number of carbonyl (C=O) groups is 4. The van der Waals surface area contributed by atoms with Crippen LogP contribution in [0.4, 0.5) is 0 Å². The molecule has 0 aromatic rings. The van der Waals surface area contributed by atoms with Gasteiger partial charge in [0.2, 0.25) is 5.60 Å². The normalized spacial score (nSPS) is 15.7. The average Bonchev–Trinajstić information content (AvgIpc) is 2.82. The number of hydrogen-bond donors (Lipinski definition) is 1. The molecule has 0 bridgehead atoms. The van der Waals surface area contributed by atoms with Crippen LogP contribution in [0.1, 0.15) is 92.9 Å². The third-order valence-electron chi connectivity index (χ3n) is 5.36. The van der Waals surface area contributed by atoms with E-state index in [0.29, 0.717) is 31.3 Å². The molecule has 0 aliphatic carbocycles. The molecule has 10 nitrogen and oxygen atoms in total. The highest BCUT2D eigenvalue weighted by Crippen LogP contribution is 2.32. The van der Waals surface area contributed by atoms with Gasteiger partial charge in [-0.2, -0.15) is 0 Å². The van der Waals surface area contributed by atoms with E-state index in [9.17, 15) is 24.3 Å². The second-order valence-corrected chi connectivity index (χ2v) is 8.59. The number of aliphatic hydroxyl groups excluding tert-OH is 1. The number of carbonyl (C=O) groups excluding carboxylic acids is 4. The van der Waals surface area contributed by atoms with Crippen LogP contribution in [0.2, 0.25) is 0 Å². The van der Waals surface area contributed by atoms with E-state index >= 15 is 0 Å². The third kappa shape index (κ3) is 11.1.